The van der Waals surface area contributed by atoms with E-state index in [1.165, 1.54) is 0 Å². The molecule has 0 spiro atoms. The second-order valence-corrected chi connectivity index (χ2v) is 7.04. The smallest absolute Gasteiger partial charge is 0.253 e. The van der Waals surface area contributed by atoms with Gasteiger partial charge in [0.15, 0.2) is 0 Å². The number of carbonyl (C=O) groups excluding carboxylic acids is 2. The van der Waals surface area contributed by atoms with Crippen molar-refractivity contribution in [2.45, 2.75) is 13.3 Å². The summed E-state index contributed by atoms with van der Waals surface area (Å²) < 4.78 is 0. The van der Waals surface area contributed by atoms with E-state index in [2.05, 4.69) is 23.2 Å². The Morgan fingerprint density at radius 2 is 1.54 bits per heavy atom. The van der Waals surface area contributed by atoms with Crippen LogP contribution >= 0.6 is 0 Å². The van der Waals surface area contributed by atoms with Gasteiger partial charge in [-0.15, -0.1) is 0 Å². The van der Waals surface area contributed by atoms with E-state index in [0.29, 0.717) is 38.2 Å². The van der Waals surface area contributed by atoms with Gasteiger partial charge in [-0.1, -0.05) is 31.2 Å². The fourth-order valence-corrected chi connectivity index (χ4v) is 3.63. The zero-order valence-electron chi connectivity index (χ0n) is 16.0. The first-order valence-electron chi connectivity index (χ1n) is 9.67. The van der Waals surface area contributed by atoms with Gasteiger partial charge in [-0.25, -0.2) is 0 Å². The predicted octanol–water partition coefficient (Wildman–Crippen LogP) is 3.60. The maximum absolute atomic E-state index is 12.8. The summed E-state index contributed by atoms with van der Waals surface area (Å²) >= 11 is 0. The summed E-state index contributed by atoms with van der Waals surface area (Å²) in [6.07, 6.45) is 4.16. The molecule has 1 aromatic heterocycles. The van der Waals surface area contributed by atoms with Gasteiger partial charge in [0.25, 0.3) is 5.91 Å². The van der Waals surface area contributed by atoms with Crippen molar-refractivity contribution in [3.63, 3.8) is 0 Å². The first-order chi connectivity index (χ1) is 13.7. The summed E-state index contributed by atoms with van der Waals surface area (Å²) in [4.78, 5) is 32.4. The van der Waals surface area contributed by atoms with Gasteiger partial charge >= 0.3 is 0 Å². The molecule has 0 bridgehead atoms. The van der Waals surface area contributed by atoms with Crippen LogP contribution in [0.15, 0.2) is 60.9 Å². The fourth-order valence-electron chi connectivity index (χ4n) is 3.63. The number of fused-ring (bicyclic) bond motifs is 1. The molecule has 142 valence electrons. The minimum Gasteiger partial charge on any atom is -0.339 e. The molecule has 4 rings (SSSR count). The van der Waals surface area contributed by atoms with Gasteiger partial charge in [-0.05, 0) is 40.8 Å². The summed E-state index contributed by atoms with van der Waals surface area (Å²) in [7, 11) is 0. The van der Waals surface area contributed by atoms with E-state index in [1.54, 1.807) is 6.20 Å². The molecule has 0 atom stereocenters. The van der Waals surface area contributed by atoms with E-state index in [9.17, 15) is 9.59 Å². The van der Waals surface area contributed by atoms with Crippen LogP contribution in [0.25, 0.3) is 21.9 Å². The maximum Gasteiger partial charge on any atom is 0.253 e. The van der Waals surface area contributed by atoms with Gasteiger partial charge in [-0.3, -0.25) is 14.6 Å². The highest BCUT2D eigenvalue weighted by Gasteiger charge is 2.24. The summed E-state index contributed by atoms with van der Waals surface area (Å²) in [6.45, 7) is 4.27. The zero-order valence-corrected chi connectivity index (χ0v) is 16.0. The van der Waals surface area contributed by atoms with Crippen molar-refractivity contribution in [1.82, 2.24) is 14.8 Å². The van der Waals surface area contributed by atoms with Gasteiger partial charge in [0, 0.05) is 55.9 Å². The van der Waals surface area contributed by atoms with Crippen LogP contribution < -0.4 is 0 Å². The van der Waals surface area contributed by atoms with Crippen LogP contribution in [-0.4, -0.2) is 52.8 Å². The van der Waals surface area contributed by atoms with Crippen molar-refractivity contribution < 1.29 is 9.59 Å². The van der Waals surface area contributed by atoms with Crippen LogP contribution in [-0.2, 0) is 4.79 Å². The zero-order chi connectivity index (χ0) is 19.5. The number of amides is 2. The highest BCUT2D eigenvalue weighted by molar-refractivity contribution is 5.95. The number of benzene rings is 2. The van der Waals surface area contributed by atoms with Gasteiger partial charge in [0.1, 0.15) is 0 Å². The molecule has 28 heavy (non-hydrogen) atoms. The third kappa shape index (κ3) is 3.60. The van der Waals surface area contributed by atoms with Crippen molar-refractivity contribution in [2.24, 2.45) is 0 Å². The van der Waals surface area contributed by atoms with E-state index in [-0.39, 0.29) is 11.8 Å². The molecule has 5 nitrogen and oxygen atoms in total. The average molecular weight is 373 g/mol. The van der Waals surface area contributed by atoms with Crippen molar-refractivity contribution in [2.75, 3.05) is 26.2 Å². The van der Waals surface area contributed by atoms with Crippen LogP contribution in [0.3, 0.4) is 0 Å². The van der Waals surface area contributed by atoms with E-state index in [1.807, 2.05) is 53.3 Å². The van der Waals surface area contributed by atoms with Crippen LogP contribution in [0.4, 0.5) is 0 Å². The number of hydrogen-bond donors (Lipinski definition) is 0. The Bertz CT molecular complexity index is 1010. The average Bonchev–Trinajstić information content (AvgIpc) is 2.78. The number of piperazine rings is 1. The Kier molecular flexibility index (Phi) is 5.06. The standard InChI is InChI=1S/C23H23N3O2/c1-2-22(27)25-11-13-26(14-12-25)23(28)18-5-3-17(4-6-18)19-7-8-21-16-24-10-9-20(21)15-19/h3-10,15-16H,2,11-14H2,1H3. The Balaban J connectivity index is 1.47. The van der Waals surface area contributed by atoms with Crippen molar-refractivity contribution in [1.29, 1.82) is 0 Å². The van der Waals surface area contributed by atoms with Crippen molar-refractivity contribution in [3.05, 3.63) is 66.5 Å². The lowest BCUT2D eigenvalue weighted by atomic mass is 10.0. The molecule has 2 amide bonds. The SMILES string of the molecule is CCC(=O)N1CCN(C(=O)c2ccc(-c3ccc4cnccc4c3)cc2)CC1. The molecule has 1 aliphatic rings. The highest BCUT2D eigenvalue weighted by Crippen LogP contribution is 2.24. The van der Waals surface area contributed by atoms with Gasteiger partial charge in [0.05, 0.1) is 0 Å². The Labute approximate surface area is 164 Å². The first-order valence-corrected chi connectivity index (χ1v) is 9.67. The second kappa shape index (κ2) is 7.80. The number of hydrogen-bond acceptors (Lipinski definition) is 3. The summed E-state index contributed by atoms with van der Waals surface area (Å²) in [5.74, 6) is 0.183. The molecule has 3 aromatic rings. The molecule has 1 aliphatic heterocycles. The van der Waals surface area contributed by atoms with Crippen molar-refractivity contribution in [3.8, 4) is 11.1 Å². The van der Waals surface area contributed by atoms with E-state index in [4.69, 9.17) is 0 Å². The van der Waals surface area contributed by atoms with E-state index in [0.717, 1.165) is 21.9 Å². The van der Waals surface area contributed by atoms with Crippen LogP contribution in [0.1, 0.15) is 23.7 Å². The van der Waals surface area contributed by atoms with Gasteiger partial charge in [-0.2, -0.15) is 0 Å². The third-order valence-electron chi connectivity index (χ3n) is 5.33. The fraction of sp³-hybridized carbons (Fsp3) is 0.261. The topological polar surface area (TPSA) is 53.5 Å². The van der Waals surface area contributed by atoms with Crippen LogP contribution in [0.2, 0.25) is 0 Å². The quantitative estimate of drug-likeness (QED) is 0.705. The lowest BCUT2D eigenvalue weighted by Gasteiger charge is -2.34. The molecule has 0 unspecified atom stereocenters. The minimum absolute atomic E-state index is 0.0275. The largest absolute Gasteiger partial charge is 0.339 e. The molecule has 2 heterocycles. The Morgan fingerprint density at radius 3 is 2.25 bits per heavy atom. The molecule has 0 radical (unpaired) electrons. The number of rotatable bonds is 3. The monoisotopic (exact) mass is 373 g/mol. The molecule has 5 heteroatoms. The first kappa shape index (κ1) is 18.2. The van der Waals surface area contributed by atoms with Crippen LogP contribution in [0.5, 0.6) is 0 Å². The number of nitrogens with zero attached hydrogens (tertiary/aromatic N) is 3. The Hall–Kier alpha value is -3.21. The van der Waals surface area contributed by atoms with E-state index < -0.39 is 0 Å². The highest BCUT2D eigenvalue weighted by atomic mass is 16.2. The summed E-state index contributed by atoms with van der Waals surface area (Å²) in [6, 6.07) is 16.0. The molecule has 0 saturated carbocycles. The van der Waals surface area contributed by atoms with Crippen LogP contribution in [0, 0.1) is 0 Å². The molecule has 0 aliphatic carbocycles. The van der Waals surface area contributed by atoms with Crippen molar-refractivity contribution >= 4 is 22.6 Å². The molecular formula is C23H23N3O2. The summed E-state index contributed by atoms with van der Waals surface area (Å²) in [5, 5.41) is 2.26. The summed E-state index contributed by atoms with van der Waals surface area (Å²) in [5.41, 5.74) is 2.88. The molecule has 1 saturated heterocycles. The molecule has 2 aromatic carbocycles. The number of aromatic nitrogens is 1. The molecular weight excluding hydrogens is 350 g/mol. The Morgan fingerprint density at radius 1 is 0.857 bits per heavy atom. The lowest BCUT2D eigenvalue weighted by molar-refractivity contribution is -0.132. The lowest BCUT2D eigenvalue weighted by Crippen LogP contribution is -2.50. The third-order valence-corrected chi connectivity index (χ3v) is 5.33. The normalized spacial score (nSPS) is 14.3. The van der Waals surface area contributed by atoms with Gasteiger partial charge < -0.3 is 9.80 Å². The predicted molar refractivity (Wildman–Crippen MR) is 110 cm³/mol. The maximum atomic E-state index is 12.8. The number of pyridine rings is 1. The number of carbonyl (C=O) groups is 2. The molecule has 0 N–H and O–H groups in total. The minimum atomic E-state index is 0.0275. The van der Waals surface area contributed by atoms with Gasteiger partial charge in [0.2, 0.25) is 5.91 Å². The molecule has 1 fully saturated rings. The second-order valence-electron chi connectivity index (χ2n) is 7.04. The van der Waals surface area contributed by atoms with E-state index >= 15 is 0 Å².